The highest BCUT2D eigenvalue weighted by molar-refractivity contribution is 5.90. The summed E-state index contributed by atoms with van der Waals surface area (Å²) in [7, 11) is 0. The average Bonchev–Trinajstić information content (AvgIpc) is 2.79. The summed E-state index contributed by atoms with van der Waals surface area (Å²) >= 11 is 0. The molecule has 0 aliphatic carbocycles. The number of ether oxygens (including phenoxy) is 2. The summed E-state index contributed by atoms with van der Waals surface area (Å²) in [6.07, 6.45) is -6.71. The number of carboxylic acid groups (broad SMARTS) is 1. The average molecular weight is 444 g/mol. The lowest BCUT2D eigenvalue weighted by atomic mass is 9.91. The second kappa shape index (κ2) is 10.1. The number of hydrogen-bond donors (Lipinski definition) is 5. The van der Waals surface area contributed by atoms with Crippen molar-refractivity contribution in [3.63, 3.8) is 0 Å². The molecule has 0 aromatic heterocycles. The van der Waals surface area contributed by atoms with Gasteiger partial charge in [0.05, 0.1) is 0 Å². The zero-order valence-electron chi connectivity index (χ0n) is 17.9. The molecule has 1 saturated heterocycles. The molecule has 1 aliphatic heterocycles. The summed E-state index contributed by atoms with van der Waals surface area (Å²) in [5, 5.41) is 48.6. The Hall–Kier alpha value is -2.91. The normalized spacial score (nSPS) is 26.3. The van der Waals surface area contributed by atoms with Crippen LogP contribution in [0.25, 0.3) is 11.1 Å². The summed E-state index contributed by atoms with van der Waals surface area (Å²) in [5.74, 6) is -0.950. The molecule has 0 radical (unpaired) electrons. The molecule has 5 N–H and O–H groups in total. The van der Waals surface area contributed by atoms with Crippen LogP contribution in [0.5, 0.6) is 11.5 Å². The molecule has 1 fully saturated rings. The van der Waals surface area contributed by atoms with E-state index in [4.69, 9.17) is 14.6 Å². The van der Waals surface area contributed by atoms with E-state index in [0.29, 0.717) is 5.75 Å². The number of allylic oxidation sites excluding steroid dienone is 2. The van der Waals surface area contributed by atoms with Crippen molar-refractivity contribution < 1.29 is 39.8 Å². The molecule has 1 aliphatic rings. The largest absolute Gasteiger partial charge is 0.508 e. The smallest absolute Gasteiger partial charge is 0.335 e. The number of benzene rings is 2. The van der Waals surface area contributed by atoms with Crippen molar-refractivity contribution in [2.45, 2.75) is 57.4 Å². The first kappa shape index (κ1) is 23.7. The van der Waals surface area contributed by atoms with Crippen LogP contribution in [-0.2, 0) is 9.53 Å². The second-order valence-electron chi connectivity index (χ2n) is 7.59. The molecule has 8 nitrogen and oxygen atoms in total. The Morgan fingerprint density at radius 3 is 1.81 bits per heavy atom. The van der Waals surface area contributed by atoms with Gasteiger partial charge >= 0.3 is 5.97 Å². The van der Waals surface area contributed by atoms with E-state index in [-0.39, 0.29) is 5.75 Å². The van der Waals surface area contributed by atoms with Gasteiger partial charge in [-0.25, -0.2) is 4.79 Å². The summed E-state index contributed by atoms with van der Waals surface area (Å²) in [6.45, 7) is 4.12. The van der Waals surface area contributed by atoms with Crippen molar-refractivity contribution in [2.24, 2.45) is 0 Å². The van der Waals surface area contributed by atoms with Gasteiger partial charge in [0.1, 0.15) is 29.8 Å². The molecule has 8 heteroatoms. The van der Waals surface area contributed by atoms with Crippen molar-refractivity contribution in [1.29, 1.82) is 0 Å². The molecule has 32 heavy (non-hydrogen) atoms. The molecule has 0 saturated carbocycles. The minimum absolute atomic E-state index is 0.207. The first-order valence-electron chi connectivity index (χ1n) is 10.5. The summed E-state index contributed by atoms with van der Waals surface area (Å²) in [4.78, 5) is 11.2. The molecule has 1 heterocycles. The van der Waals surface area contributed by atoms with Gasteiger partial charge in [0.15, 0.2) is 6.10 Å². The number of aromatic hydroxyl groups is 1. The fourth-order valence-corrected chi connectivity index (χ4v) is 3.86. The van der Waals surface area contributed by atoms with Crippen LogP contribution >= 0.6 is 0 Å². The number of carboxylic acids is 1. The minimum atomic E-state index is -1.77. The SMILES string of the molecule is CC/C(=C(/CC)c1ccc(O[C@@H]2O[C@H](C(=O)O)[C@@H](O)[C@H](O)[C@H]2O)cc1)c1ccc(O)cc1. The van der Waals surface area contributed by atoms with Crippen LogP contribution in [0.2, 0.25) is 0 Å². The summed E-state index contributed by atoms with van der Waals surface area (Å²) in [6, 6.07) is 14.1. The molecule has 5 atom stereocenters. The van der Waals surface area contributed by atoms with E-state index in [2.05, 4.69) is 13.8 Å². The number of aliphatic carboxylic acids is 1. The van der Waals surface area contributed by atoms with Crippen LogP contribution in [0.4, 0.5) is 0 Å². The van der Waals surface area contributed by atoms with Crippen LogP contribution < -0.4 is 4.74 Å². The maximum absolute atomic E-state index is 11.2. The number of carbonyl (C=O) groups is 1. The number of phenols is 1. The molecule has 0 spiro atoms. The molecule has 0 amide bonds. The van der Waals surface area contributed by atoms with E-state index < -0.39 is 36.7 Å². The zero-order chi connectivity index (χ0) is 23.4. The highest BCUT2D eigenvalue weighted by Crippen LogP contribution is 2.33. The Labute approximate surface area is 186 Å². The quantitative estimate of drug-likeness (QED) is 0.411. The van der Waals surface area contributed by atoms with Crippen LogP contribution in [0, 0.1) is 0 Å². The van der Waals surface area contributed by atoms with Gasteiger partial charge in [0.25, 0.3) is 0 Å². The topological polar surface area (TPSA) is 137 Å². The number of rotatable bonds is 7. The van der Waals surface area contributed by atoms with Crippen LogP contribution in [0.1, 0.15) is 37.8 Å². The minimum Gasteiger partial charge on any atom is -0.508 e. The van der Waals surface area contributed by atoms with E-state index >= 15 is 0 Å². The van der Waals surface area contributed by atoms with Gasteiger partial charge in [-0.15, -0.1) is 0 Å². The molecule has 172 valence electrons. The van der Waals surface area contributed by atoms with Crippen LogP contribution in [0.3, 0.4) is 0 Å². The van der Waals surface area contributed by atoms with E-state index in [0.717, 1.165) is 35.1 Å². The molecular formula is C24H28O8. The Kier molecular flexibility index (Phi) is 7.52. The number of hydrogen-bond acceptors (Lipinski definition) is 7. The van der Waals surface area contributed by atoms with Gasteiger partial charge in [-0.2, -0.15) is 0 Å². The van der Waals surface area contributed by atoms with Crippen LogP contribution in [-0.4, -0.2) is 62.2 Å². The van der Waals surface area contributed by atoms with Crippen molar-refractivity contribution in [3.05, 3.63) is 59.7 Å². The van der Waals surface area contributed by atoms with Gasteiger partial charge < -0.3 is 35.0 Å². The second-order valence-corrected chi connectivity index (χ2v) is 7.59. The van der Waals surface area contributed by atoms with Crippen molar-refractivity contribution in [3.8, 4) is 11.5 Å². The lowest BCUT2D eigenvalue weighted by Crippen LogP contribution is -2.61. The summed E-state index contributed by atoms with van der Waals surface area (Å²) in [5.41, 5.74) is 4.26. The maximum Gasteiger partial charge on any atom is 0.335 e. The zero-order valence-corrected chi connectivity index (χ0v) is 17.9. The molecule has 2 aromatic carbocycles. The third-order valence-corrected chi connectivity index (χ3v) is 5.56. The van der Waals surface area contributed by atoms with E-state index in [1.807, 2.05) is 24.3 Å². The maximum atomic E-state index is 11.2. The Balaban J connectivity index is 1.83. The highest BCUT2D eigenvalue weighted by atomic mass is 16.7. The number of aliphatic hydroxyl groups is 3. The fraction of sp³-hybridized carbons (Fsp3) is 0.375. The molecule has 3 rings (SSSR count). The standard InChI is InChI=1S/C24H28O8/c1-3-17(13-5-9-15(25)10-6-13)18(4-2)14-7-11-16(12-8-14)31-24-21(28)19(26)20(27)22(32-24)23(29)30/h5-12,19-22,24-28H,3-4H2,1-2H3,(H,29,30)/b18-17+/t19-,20-,21+,22-,24+/m0/s1. The molecule has 0 bridgehead atoms. The Bertz CT molecular complexity index is 951. The van der Waals surface area contributed by atoms with Gasteiger partial charge in [-0.05, 0) is 59.4 Å². The van der Waals surface area contributed by atoms with E-state index in [9.17, 15) is 25.2 Å². The monoisotopic (exact) mass is 444 g/mol. The van der Waals surface area contributed by atoms with Gasteiger partial charge in [-0.3, -0.25) is 0 Å². The third-order valence-electron chi connectivity index (χ3n) is 5.56. The first-order chi connectivity index (χ1) is 15.3. The predicted octanol–water partition coefficient (Wildman–Crippen LogP) is 2.39. The summed E-state index contributed by atoms with van der Waals surface area (Å²) < 4.78 is 10.7. The van der Waals surface area contributed by atoms with E-state index in [1.54, 1.807) is 24.3 Å². The van der Waals surface area contributed by atoms with Gasteiger partial charge in [0, 0.05) is 0 Å². The number of phenolic OH excluding ortho intramolecular Hbond substituents is 1. The van der Waals surface area contributed by atoms with Crippen molar-refractivity contribution in [1.82, 2.24) is 0 Å². The number of aliphatic hydroxyl groups excluding tert-OH is 3. The molecule has 2 aromatic rings. The van der Waals surface area contributed by atoms with Gasteiger partial charge in [0.2, 0.25) is 6.29 Å². The van der Waals surface area contributed by atoms with E-state index in [1.165, 1.54) is 0 Å². The third kappa shape index (κ3) is 4.94. The molecular weight excluding hydrogens is 416 g/mol. The predicted molar refractivity (Wildman–Crippen MR) is 117 cm³/mol. The molecule has 0 unspecified atom stereocenters. The highest BCUT2D eigenvalue weighted by Gasteiger charge is 2.48. The van der Waals surface area contributed by atoms with Crippen molar-refractivity contribution in [2.75, 3.05) is 0 Å². The first-order valence-corrected chi connectivity index (χ1v) is 10.5. The Morgan fingerprint density at radius 2 is 1.34 bits per heavy atom. The lowest BCUT2D eigenvalue weighted by Gasteiger charge is -2.38. The van der Waals surface area contributed by atoms with Gasteiger partial charge in [-0.1, -0.05) is 38.1 Å². The van der Waals surface area contributed by atoms with Crippen LogP contribution in [0.15, 0.2) is 48.5 Å². The Morgan fingerprint density at radius 1 is 0.844 bits per heavy atom. The lowest BCUT2D eigenvalue weighted by molar-refractivity contribution is -0.271. The fourth-order valence-electron chi connectivity index (χ4n) is 3.86. The van der Waals surface area contributed by atoms with Crippen molar-refractivity contribution >= 4 is 17.1 Å².